The standard InChI is InChI=1S/C22H18FN3O3.ClH/c23-14-1-2-15(25-11-14)13-28-17-6-8-26(22(27)10-17)16-3-4-18-19-5-7-24-12-21(19)29-20(18)9-16;/h1-4,6,8-11,24H,5,7,12-13H2;1H. The van der Waals surface area contributed by atoms with E-state index in [1.807, 2.05) is 18.2 Å². The smallest absolute Gasteiger partial charge is 0.258 e. The van der Waals surface area contributed by atoms with Gasteiger partial charge in [-0.15, -0.1) is 12.4 Å². The van der Waals surface area contributed by atoms with E-state index in [0.717, 1.165) is 48.1 Å². The lowest BCUT2D eigenvalue weighted by Gasteiger charge is -2.10. The highest BCUT2D eigenvalue weighted by atomic mass is 35.5. The maximum absolute atomic E-state index is 12.9. The van der Waals surface area contributed by atoms with Crippen molar-refractivity contribution in [2.45, 2.75) is 19.6 Å². The monoisotopic (exact) mass is 427 g/mol. The average molecular weight is 428 g/mol. The summed E-state index contributed by atoms with van der Waals surface area (Å²) in [7, 11) is 0. The minimum Gasteiger partial charge on any atom is -0.487 e. The van der Waals surface area contributed by atoms with Gasteiger partial charge in [0.25, 0.3) is 5.56 Å². The molecule has 30 heavy (non-hydrogen) atoms. The molecule has 6 nitrogen and oxygen atoms in total. The van der Waals surface area contributed by atoms with Crippen molar-refractivity contribution in [2.24, 2.45) is 0 Å². The zero-order valence-corrected chi connectivity index (χ0v) is 16.7. The summed E-state index contributed by atoms with van der Waals surface area (Å²) < 4.78 is 26.0. The molecular weight excluding hydrogens is 409 g/mol. The summed E-state index contributed by atoms with van der Waals surface area (Å²) in [6.45, 7) is 1.83. The Morgan fingerprint density at radius 1 is 1.20 bits per heavy atom. The normalized spacial score (nSPS) is 13.0. The third-order valence-corrected chi connectivity index (χ3v) is 5.04. The van der Waals surface area contributed by atoms with Crippen molar-refractivity contribution in [3.63, 3.8) is 0 Å². The highest BCUT2D eigenvalue weighted by Gasteiger charge is 2.17. The largest absolute Gasteiger partial charge is 0.487 e. The van der Waals surface area contributed by atoms with Gasteiger partial charge in [-0.05, 0) is 43.3 Å². The second-order valence-corrected chi connectivity index (χ2v) is 6.94. The summed E-state index contributed by atoms with van der Waals surface area (Å²) in [4.78, 5) is 16.5. The number of nitrogens with zero attached hydrogens (tertiary/aromatic N) is 2. The molecule has 8 heteroatoms. The zero-order chi connectivity index (χ0) is 19.8. The van der Waals surface area contributed by atoms with Crippen LogP contribution in [0, 0.1) is 5.82 Å². The molecule has 1 aliphatic rings. The summed E-state index contributed by atoms with van der Waals surface area (Å²) in [5.74, 6) is 0.994. The van der Waals surface area contributed by atoms with Crippen LogP contribution in [-0.2, 0) is 19.6 Å². The van der Waals surface area contributed by atoms with Gasteiger partial charge in [-0.25, -0.2) is 4.39 Å². The Morgan fingerprint density at radius 2 is 2.10 bits per heavy atom. The number of aromatic nitrogens is 2. The number of halogens is 2. The van der Waals surface area contributed by atoms with Crippen LogP contribution in [0.2, 0.25) is 0 Å². The van der Waals surface area contributed by atoms with Crippen LogP contribution in [-0.4, -0.2) is 16.1 Å². The molecule has 1 aromatic carbocycles. The third kappa shape index (κ3) is 3.81. The lowest BCUT2D eigenvalue weighted by atomic mass is 10.0. The van der Waals surface area contributed by atoms with E-state index in [4.69, 9.17) is 9.15 Å². The van der Waals surface area contributed by atoms with E-state index in [9.17, 15) is 9.18 Å². The van der Waals surface area contributed by atoms with Gasteiger partial charge < -0.3 is 14.5 Å². The molecule has 4 heterocycles. The molecule has 0 bridgehead atoms. The van der Waals surface area contributed by atoms with E-state index in [1.54, 1.807) is 22.9 Å². The molecule has 0 fully saturated rings. The molecule has 0 amide bonds. The predicted molar refractivity (Wildman–Crippen MR) is 113 cm³/mol. The molecule has 0 saturated carbocycles. The van der Waals surface area contributed by atoms with Crippen LogP contribution in [0.1, 0.15) is 17.0 Å². The van der Waals surface area contributed by atoms with Gasteiger partial charge in [-0.1, -0.05) is 0 Å². The molecule has 0 aliphatic carbocycles. The van der Waals surface area contributed by atoms with Gasteiger partial charge in [0, 0.05) is 29.3 Å². The first kappa shape index (κ1) is 20.1. The van der Waals surface area contributed by atoms with Gasteiger partial charge in [-0.2, -0.15) is 0 Å². The van der Waals surface area contributed by atoms with Crippen LogP contribution in [0.4, 0.5) is 4.39 Å². The minimum absolute atomic E-state index is 0. The first-order valence-corrected chi connectivity index (χ1v) is 9.39. The fraction of sp³-hybridized carbons (Fsp3) is 0.182. The Hall–Kier alpha value is -3.16. The van der Waals surface area contributed by atoms with Gasteiger partial charge in [-0.3, -0.25) is 14.3 Å². The molecule has 154 valence electrons. The van der Waals surface area contributed by atoms with Crippen LogP contribution >= 0.6 is 12.4 Å². The summed E-state index contributed by atoms with van der Waals surface area (Å²) in [6, 6.07) is 11.8. The highest BCUT2D eigenvalue weighted by Crippen LogP contribution is 2.29. The van der Waals surface area contributed by atoms with E-state index in [0.29, 0.717) is 11.4 Å². The van der Waals surface area contributed by atoms with E-state index < -0.39 is 5.82 Å². The Labute approximate surface area is 177 Å². The van der Waals surface area contributed by atoms with Crippen molar-refractivity contribution in [2.75, 3.05) is 6.54 Å². The number of benzene rings is 1. The van der Waals surface area contributed by atoms with Crippen molar-refractivity contribution >= 4 is 23.4 Å². The molecule has 0 atom stereocenters. The second kappa shape index (κ2) is 8.30. The van der Waals surface area contributed by atoms with Crippen molar-refractivity contribution in [3.8, 4) is 11.4 Å². The average Bonchev–Trinajstić information content (AvgIpc) is 3.11. The van der Waals surface area contributed by atoms with Crippen molar-refractivity contribution in [3.05, 3.63) is 88.0 Å². The van der Waals surface area contributed by atoms with Crippen LogP contribution in [0.3, 0.4) is 0 Å². The fourth-order valence-corrected chi connectivity index (χ4v) is 3.58. The number of rotatable bonds is 4. The number of hydrogen-bond acceptors (Lipinski definition) is 5. The predicted octanol–water partition coefficient (Wildman–Crippen LogP) is 3.76. The molecule has 0 spiro atoms. The third-order valence-electron chi connectivity index (χ3n) is 5.04. The van der Waals surface area contributed by atoms with Gasteiger partial charge >= 0.3 is 0 Å². The molecule has 5 rings (SSSR count). The summed E-state index contributed by atoms with van der Waals surface area (Å²) >= 11 is 0. The van der Waals surface area contributed by atoms with Crippen LogP contribution < -0.4 is 15.6 Å². The van der Waals surface area contributed by atoms with Crippen LogP contribution in [0.5, 0.6) is 5.75 Å². The number of furan rings is 1. The Kier molecular flexibility index (Phi) is 5.57. The second-order valence-electron chi connectivity index (χ2n) is 6.94. The van der Waals surface area contributed by atoms with Gasteiger partial charge in [0.05, 0.1) is 24.1 Å². The highest BCUT2D eigenvalue weighted by molar-refractivity contribution is 5.85. The van der Waals surface area contributed by atoms with E-state index in [-0.39, 0.29) is 24.6 Å². The van der Waals surface area contributed by atoms with Crippen LogP contribution in [0.25, 0.3) is 16.7 Å². The van der Waals surface area contributed by atoms with Crippen molar-refractivity contribution < 1.29 is 13.5 Å². The van der Waals surface area contributed by atoms with Crippen molar-refractivity contribution in [1.29, 1.82) is 0 Å². The topological polar surface area (TPSA) is 69.3 Å². The summed E-state index contributed by atoms with van der Waals surface area (Å²) in [5, 5.41) is 4.41. The van der Waals surface area contributed by atoms with Gasteiger partial charge in [0.2, 0.25) is 0 Å². The maximum Gasteiger partial charge on any atom is 0.258 e. The first-order chi connectivity index (χ1) is 14.2. The Morgan fingerprint density at radius 3 is 2.90 bits per heavy atom. The van der Waals surface area contributed by atoms with E-state index in [2.05, 4.69) is 10.3 Å². The van der Waals surface area contributed by atoms with Gasteiger partial charge in [0.1, 0.15) is 29.5 Å². The number of ether oxygens (including phenoxy) is 1. The van der Waals surface area contributed by atoms with E-state index in [1.165, 1.54) is 17.7 Å². The van der Waals surface area contributed by atoms with E-state index >= 15 is 0 Å². The molecule has 1 N–H and O–H groups in total. The lowest BCUT2D eigenvalue weighted by Crippen LogP contribution is -2.22. The molecular formula is C22H19ClFN3O3. The summed E-state index contributed by atoms with van der Waals surface area (Å²) in [5.41, 5.74) is 3.12. The number of pyridine rings is 2. The lowest BCUT2D eigenvalue weighted by molar-refractivity contribution is 0.300. The molecule has 0 radical (unpaired) electrons. The summed E-state index contributed by atoms with van der Waals surface area (Å²) in [6.07, 6.45) is 3.74. The Bertz CT molecular complexity index is 1250. The SMILES string of the molecule is Cl.O=c1cc(OCc2ccc(F)cn2)ccn1-c1ccc2c3c(oc2c1)CNCC3. The maximum atomic E-state index is 12.9. The Balaban J connectivity index is 0.00000218. The minimum atomic E-state index is -0.401. The number of fused-ring (bicyclic) bond motifs is 3. The van der Waals surface area contributed by atoms with Gasteiger partial charge in [0.15, 0.2) is 0 Å². The molecule has 0 saturated heterocycles. The number of hydrogen-bond donors (Lipinski definition) is 1. The zero-order valence-electron chi connectivity index (χ0n) is 15.9. The van der Waals surface area contributed by atoms with Crippen LogP contribution in [0.15, 0.2) is 64.1 Å². The quantitative estimate of drug-likeness (QED) is 0.537. The number of nitrogens with one attached hydrogen (secondary N) is 1. The first-order valence-electron chi connectivity index (χ1n) is 9.39. The fourth-order valence-electron chi connectivity index (χ4n) is 3.58. The molecule has 1 aliphatic heterocycles. The molecule has 0 unspecified atom stereocenters. The molecule has 4 aromatic rings. The molecule has 3 aromatic heterocycles. The van der Waals surface area contributed by atoms with Crippen molar-refractivity contribution in [1.82, 2.24) is 14.9 Å².